The quantitative estimate of drug-likeness (QED) is 0.473. The van der Waals surface area contributed by atoms with Gasteiger partial charge in [-0.15, -0.1) is 0 Å². The summed E-state index contributed by atoms with van der Waals surface area (Å²) in [7, 11) is 0. The minimum absolute atomic E-state index is 0. The second-order valence-electron chi connectivity index (χ2n) is 6.94. The minimum Gasteiger partial charge on any atom is -0.477 e. The zero-order valence-corrected chi connectivity index (χ0v) is 18.6. The van der Waals surface area contributed by atoms with E-state index >= 15 is 0 Å². The van der Waals surface area contributed by atoms with Crippen molar-refractivity contribution in [3.8, 4) is 0 Å². The predicted molar refractivity (Wildman–Crippen MR) is 106 cm³/mol. The fourth-order valence-electron chi connectivity index (χ4n) is 3.25. The van der Waals surface area contributed by atoms with Gasteiger partial charge in [0.2, 0.25) is 0 Å². The van der Waals surface area contributed by atoms with Gasteiger partial charge in [0.1, 0.15) is 11.4 Å². The third-order valence-electron chi connectivity index (χ3n) is 4.77. The SMILES string of the molecule is O=C(O)c1cccc(CN2CCNCCN(Cc3cccc(C(=O)O)n3)CC2)n1.[Tb+3]. The number of nitrogens with one attached hydrogen (secondary N) is 1. The van der Waals surface area contributed by atoms with E-state index < -0.39 is 11.9 Å². The van der Waals surface area contributed by atoms with E-state index in [-0.39, 0.29) is 50.0 Å². The maximum Gasteiger partial charge on any atom is 3.00 e. The van der Waals surface area contributed by atoms with Gasteiger partial charge >= 0.3 is 50.6 Å². The van der Waals surface area contributed by atoms with Gasteiger partial charge in [0.25, 0.3) is 0 Å². The molecule has 0 saturated carbocycles. The number of carbonyl (C=O) groups is 2. The molecule has 0 radical (unpaired) electrons. The summed E-state index contributed by atoms with van der Waals surface area (Å²) in [6.07, 6.45) is 0. The third-order valence-corrected chi connectivity index (χ3v) is 4.77. The minimum atomic E-state index is -1.03. The first-order chi connectivity index (χ1) is 14.0. The van der Waals surface area contributed by atoms with Gasteiger partial charge in [-0.3, -0.25) is 9.80 Å². The Morgan fingerprint density at radius 3 is 1.63 bits per heavy atom. The summed E-state index contributed by atoms with van der Waals surface area (Å²) in [6, 6.07) is 10.1. The molecule has 0 spiro atoms. The normalized spacial score (nSPS) is 16.0. The molecule has 9 nitrogen and oxygen atoms in total. The van der Waals surface area contributed by atoms with Gasteiger partial charge in [0.05, 0.1) is 11.4 Å². The first-order valence-corrected chi connectivity index (χ1v) is 9.55. The number of nitrogens with zero attached hydrogens (tertiary/aromatic N) is 4. The molecular weight excluding hydrogens is 533 g/mol. The van der Waals surface area contributed by atoms with E-state index in [1.165, 1.54) is 12.1 Å². The standard InChI is InChI=1S/C20H25N5O4.Tb/c26-19(27)17-5-1-3-15(22-17)13-24-9-7-21-8-10-25(12-11-24)14-16-4-2-6-18(23-16)20(28)29;/h1-6,21H,7-14H2,(H,26,27)(H,28,29);/q;+3. The molecule has 0 atom stereocenters. The van der Waals surface area contributed by atoms with Gasteiger partial charge in [-0.2, -0.15) is 0 Å². The Labute approximate surface area is 205 Å². The van der Waals surface area contributed by atoms with E-state index in [1.807, 2.05) is 12.1 Å². The maximum absolute atomic E-state index is 11.1. The van der Waals surface area contributed by atoms with Gasteiger partial charge in [-0.1, -0.05) is 12.1 Å². The number of rotatable bonds is 6. The molecule has 0 unspecified atom stereocenters. The number of hydrogen-bond donors (Lipinski definition) is 3. The molecule has 160 valence electrons. The molecule has 2 aromatic rings. The number of carboxylic acid groups (broad SMARTS) is 2. The number of carboxylic acids is 2. The average molecular weight is 558 g/mol. The molecule has 0 amide bonds. The molecule has 3 N–H and O–H groups in total. The fourth-order valence-corrected chi connectivity index (χ4v) is 3.25. The van der Waals surface area contributed by atoms with Crippen LogP contribution in [0.5, 0.6) is 0 Å². The fraction of sp³-hybridized carbons (Fsp3) is 0.400. The van der Waals surface area contributed by atoms with Crippen LogP contribution in [0.4, 0.5) is 0 Å². The number of aromatic nitrogens is 2. The Morgan fingerprint density at radius 2 is 1.23 bits per heavy atom. The van der Waals surface area contributed by atoms with Crippen LogP contribution >= 0.6 is 0 Å². The molecule has 0 bridgehead atoms. The Morgan fingerprint density at radius 1 is 0.800 bits per heavy atom. The third kappa shape index (κ3) is 7.58. The van der Waals surface area contributed by atoms with E-state index in [9.17, 15) is 9.59 Å². The topological polar surface area (TPSA) is 119 Å². The van der Waals surface area contributed by atoms with E-state index in [2.05, 4.69) is 25.1 Å². The zero-order valence-electron chi connectivity index (χ0n) is 16.5. The molecule has 10 heteroatoms. The Bertz CT molecular complexity index is 797. The van der Waals surface area contributed by atoms with Crippen molar-refractivity contribution in [3.05, 3.63) is 59.2 Å². The molecule has 1 fully saturated rings. The number of pyridine rings is 2. The van der Waals surface area contributed by atoms with Crippen molar-refractivity contribution < 1.29 is 58.4 Å². The van der Waals surface area contributed by atoms with E-state index in [0.717, 1.165) is 50.7 Å². The molecule has 3 heterocycles. The molecule has 1 aliphatic heterocycles. The monoisotopic (exact) mass is 558 g/mol. The van der Waals surface area contributed by atoms with E-state index in [1.54, 1.807) is 12.1 Å². The van der Waals surface area contributed by atoms with Crippen molar-refractivity contribution in [2.24, 2.45) is 0 Å². The Hall–Kier alpha value is -1.59. The van der Waals surface area contributed by atoms with Crippen molar-refractivity contribution in [2.45, 2.75) is 13.1 Å². The van der Waals surface area contributed by atoms with Crippen LogP contribution in [0.15, 0.2) is 36.4 Å². The summed E-state index contributed by atoms with van der Waals surface area (Å²) in [5.74, 6) is -2.06. The summed E-state index contributed by atoms with van der Waals surface area (Å²) in [4.78, 5) is 35.2. The number of hydrogen-bond acceptors (Lipinski definition) is 7. The van der Waals surface area contributed by atoms with Gasteiger partial charge in [-0.25, -0.2) is 19.6 Å². The van der Waals surface area contributed by atoms with Crippen LogP contribution in [0.25, 0.3) is 0 Å². The summed E-state index contributed by atoms with van der Waals surface area (Å²) < 4.78 is 0. The van der Waals surface area contributed by atoms with Crippen LogP contribution in [0, 0.1) is 38.6 Å². The van der Waals surface area contributed by atoms with Crippen molar-refractivity contribution in [1.82, 2.24) is 25.1 Å². The molecule has 0 aliphatic carbocycles. The van der Waals surface area contributed by atoms with Crippen LogP contribution in [-0.4, -0.2) is 81.2 Å². The van der Waals surface area contributed by atoms with Crippen LogP contribution in [0.1, 0.15) is 32.4 Å². The van der Waals surface area contributed by atoms with Crippen molar-refractivity contribution in [2.75, 3.05) is 39.3 Å². The average Bonchev–Trinajstić information content (AvgIpc) is 2.81. The smallest absolute Gasteiger partial charge is 0.477 e. The van der Waals surface area contributed by atoms with Crippen LogP contribution < -0.4 is 5.32 Å². The zero-order chi connectivity index (χ0) is 20.6. The molecule has 0 aromatic carbocycles. The van der Waals surface area contributed by atoms with Crippen LogP contribution in [0.3, 0.4) is 0 Å². The van der Waals surface area contributed by atoms with Crippen molar-refractivity contribution >= 4 is 11.9 Å². The molecular formula is C20H25N5O4Tb+3. The Kier molecular flexibility index (Phi) is 10.1. The summed E-state index contributed by atoms with van der Waals surface area (Å²) >= 11 is 0. The molecule has 2 aromatic heterocycles. The van der Waals surface area contributed by atoms with E-state index in [4.69, 9.17) is 10.2 Å². The van der Waals surface area contributed by atoms with Crippen molar-refractivity contribution in [3.63, 3.8) is 0 Å². The first-order valence-electron chi connectivity index (χ1n) is 9.55. The summed E-state index contributed by atoms with van der Waals surface area (Å²) in [5, 5.41) is 21.7. The van der Waals surface area contributed by atoms with E-state index in [0.29, 0.717) is 13.1 Å². The summed E-state index contributed by atoms with van der Waals surface area (Å²) in [5.41, 5.74) is 1.56. The second-order valence-corrected chi connectivity index (χ2v) is 6.94. The van der Waals surface area contributed by atoms with Crippen LogP contribution in [-0.2, 0) is 13.1 Å². The second kappa shape index (κ2) is 12.3. The van der Waals surface area contributed by atoms with Crippen molar-refractivity contribution in [1.29, 1.82) is 0 Å². The molecule has 1 aliphatic rings. The maximum atomic E-state index is 11.1. The molecule has 1 saturated heterocycles. The first kappa shape index (κ1) is 24.7. The number of aromatic carboxylic acids is 2. The Balaban J connectivity index is 0.00000320. The van der Waals surface area contributed by atoms with Gasteiger partial charge < -0.3 is 15.5 Å². The van der Waals surface area contributed by atoms with Gasteiger partial charge in [0, 0.05) is 52.4 Å². The van der Waals surface area contributed by atoms with Crippen LogP contribution in [0.2, 0.25) is 0 Å². The van der Waals surface area contributed by atoms with Gasteiger partial charge in [0.15, 0.2) is 0 Å². The molecule has 3 rings (SSSR count). The van der Waals surface area contributed by atoms with Gasteiger partial charge in [-0.05, 0) is 24.3 Å². The molecule has 30 heavy (non-hydrogen) atoms. The predicted octanol–water partition coefficient (Wildman–Crippen LogP) is 0.780. The largest absolute Gasteiger partial charge is 3.00 e. The summed E-state index contributed by atoms with van der Waals surface area (Å²) in [6.45, 7) is 6.06.